The van der Waals surface area contributed by atoms with E-state index in [1.807, 2.05) is 108 Å². The van der Waals surface area contributed by atoms with Gasteiger partial charge >= 0.3 is 0 Å². The molecule has 1 fully saturated rings. The SMILES string of the molecule is O=C1CCCCN1CCc1ccc(OCc2ccccc2)c(OCc2ccccc2)c1OCc1ccccc1. The molecule has 4 aromatic rings. The minimum atomic E-state index is 0.233. The first-order valence-electron chi connectivity index (χ1n) is 13.7. The first-order chi connectivity index (χ1) is 19.3. The van der Waals surface area contributed by atoms with Crippen molar-refractivity contribution < 1.29 is 19.0 Å². The number of benzene rings is 4. The molecule has 1 aliphatic rings. The highest BCUT2D eigenvalue weighted by Gasteiger charge is 2.22. The van der Waals surface area contributed by atoms with Crippen LogP contribution < -0.4 is 14.2 Å². The summed E-state index contributed by atoms with van der Waals surface area (Å²) in [4.78, 5) is 14.4. The second kappa shape index (κ2) is 13.5. The van der Waals surface area contributed by atoms with E-state index >= 15 is 0 Å². The zero-order chi connectivity index (χ0) is 26.7. The van der Waals surface area contributed by atoms with E-state index < -0.39 is 0 Å². The molecule has 5 rings (SSSR count). The molecule has 39 heavy (non-hydrogen) atoms. The fraction of sp³-hybridized carbons (Fsp3) is 0.265. The molecular weight excluding hydrogens is 486 g/mol. The standard InChI is InChI=1S/C34H35NO4/c36-32-18-10-11-22-35(32)23-21-30-19-20-31(37-24-27-12-4-1-5-13-27)34(39-26-29-16-8-3-9-17-29)33(30)38-25-28-14-6-2-7-15-28/h1-9,12-17,19-20H,10-11,18,21-26H2. The Morgan fingerprint density at radius 2 is 1.13 bits per heavy atom. The first kappa shape index (κ1) is 26.4. The number of nitrogens with zero attached hydrogens (tertiary/aromatic N) is 1. The third kappa shape index (κ3) is 7.41. The normalized spacial score (nSPS) is 13.2. The molecule has 200 valence electrons. The fourth-order valence-corrected chi connectivity index (χ4v) is 4.74. The molecule has 0 aromatic heterocycles. The lowest BCUT2D eigenvalue weighted by Crippen LogP contribution is -2.36. The van der Waals surface area contributed by atoms with Crippen LogP contribution in [0.3, 0.4) is 0 Å². The average Bonchev–Trinajstić information content (AvgIpc) is 2.99. The van der Waals surface area contributed by atoms with Gasteiger partial charge in [-0.1, -0.05) is 97.1 Å². The summed E-state index contributed by atoms with van der Waals surface area (Å²) in [5.74, 6) is 2.13. The lowest BCUT2D eigenvalue weighted by Gasteiger charge is -2.27. The van der Waals surface area contributed by atoms with Gasteiger partial charge in [0.05, 0.1) is 0 Å². The zero-order valence-electron chi connectivity index (χ0n) is 22.3. The Balaban J connectivity index is 1.45. The summed E-state index contributed by atoms with van der Waals surface area (Å²) < 4.78 is 19.2. The summed E-state index contributed by atoms with van der Waals surface area (Å²) in [6, 6.07) is 34.3. The van der Waals surface area contributed by atoms with Crippen LogP contribution in [-0.4, -0.2) is 23.9 Å². The molecule has 0 atom stereocenters. The topological polar surface area (TPSA) is 48.0 Å². The maximum Gasteiger partial charge on any atom is 0.222 e. The van der Waals surface area contributed by atoms with Gasteiger partial charge in [0.25, 0.3) is 0 Å². The summed E-state index contributed by atoms with van der Waals surface area (Å²) in [5.41, 5.74) is 4.20. The van der Waals surface area contributed by atoms with Crippen LogP contribution in [0.4, 0.5) is 0 Å². The van der Waals surface area contributed by atoms with Crippen molar-refractivity contribution in [3.05, 3.63) is 125 Å². The van der Waals surface area contributed by atoms with Gasteiger partial charge in [-0.05, 0) is 42.0 Å². The Bertz CT molecular complexity index is 1330. The molecule has 5 nitrogen and oxygen atoms in total. The number of rotatable bonds is 12. The highest BCUT2D eigenvalue weighted by molar-refractivity contribution is 5.76. The molecule has 4 aromatic carbocycles. The molecule has 0 unspecified atom stereocenters. The van der Waals surface area contributed by atoms with Crippen molar-refractivity contribution in [3.63, 3.8) is 0 Å². The number of carbonyl (C=O) groups is 1. The van der Waals surface area contributed by atoms with Crippen LogP contribution in [0, 0.1) is 0 Å². The van der Waals surface area contributed by atoms with E-state index in [4.69, 9.17) is 14.2 Å². The fourth-order valence-electron chi connectivity index (χ4n) is 4.74. The highest BCUT2D eigenvalue weighted by atomic mass is 16.5. The van der Waals surface area contributed by atoms with Crippen LogP contribution in [0.25, 0.3) is 0 Å². The van der Waals surface area contributed by atoms with Gasteiger partial charge in [-0.15, -0.1) is 0 Å². The molecule has 0 radical (unpaired) electrons. The van der Waals surface area contributed by atoms with Crippen LogP contribution in [0.1, 0.15) is 41.5 Å². The van der Waals surface area contributed by atoms with Crippen molar-refractivity contribution in [2.45, 2.75) is 45.5 Å². The van der Waals surface area contributed by atoms with E-state index in [0.717, 1.165) is 41.6 Å². The van der Waals surface area contributed by atoms with Crippen LogP contribution in [0.2, 0.25) is 0 Å². The van der Waals surface area contributed by atoms with Gasteiger partial charge in [0.2, 0.25) is 11.7 Å². The van der Waals surface area contributed by atoms with Crippen molar-refractivity contribution in [1.29, 1.82) is 0 Å². The summed E-state index contributed by atoms with van der Waals surface area (Å²) in [5, 5.41) is 0. The number of piperidine rings is 1. The van der Waals surface area contributed by atoms with E-state index in [2.05, 4.69) is 0 Å². The maximum atomic E-state index is 12.5. The van der Waals surface area contributed by atoms with Gasteiger partial charge in [0.1, 0.15) is 19.8 Å². The van der Waals surface area contributed by atoms with Crippen molar-refractivity contribution in [2.24, 2.45) is 0 Å². The monoisotopic (exact) mass is 521 g/mol. The first-order valence-corrected chi connectivity index (χ1v) is 13.7. The van der Waals surface area contributed by atoms with Gasteiger partial charge < -0.3 is 19.1 Å². The van der Waals surface area contributed by atoms with Gasteiger partial charge in [-0.3, -0.25) is 4.79 Å². The number of hydrogen-bond donors (Lipinski definition) is 0. The van der Waals surface area contributed by atoms with E-state index in [9.17, 15) is 4.79 Å². The third-order valence-corrected chi connectivity index (χ3v) is 6.92. The van der Waals surface area contributed by atoms with E-state index in [1.54, 1.807) is 0 Å². The van der Waals surface area contributed by atoms with E-state index in [1.165, 1.54) is 0 Å². The molecule has 1 heterocycles. The molecule has 0 spiro atoms. The molecule has 0 aliphatic carbocycles. The summed E-state index contributed by atoms with van der Waals surface area (Å²) >= 11 is 0. The number of ether oxygens (including phenoxy) is 3. The predicted octanol–water partition coefficient (Wildman–Crippen LogP) is 6.98. The maximum absolute atomic E-state index is 12.5. The Morgan fingerprint density at radius 1 is 0.590 bits per heavy atom. The predicted molar refractivity (Wildman–Crippen MR) is 153 cm³/mol. The second-order valence-electron chi connectivity index (χ2n) is 9.79. The van der Waals surface area contributed by atoms with Crippen LogP contribution in [0.5, 0.6) is 17.2 Å². The Kier molecular flexibility index (Phi) is 9.14. The van der Waals surface area contributed by atoms with Gasteiger partial charge in [0.15, 0.2) is 11.5 Å². The van der Waals surface area contributed by atoms with E-state index in [0.29, 0.717) is 56.5 Å². The summed E-state index contributed by atoms with van der Waals surface area (Å²) in [6.07, 6.45) is 3.35. The molecule has 1 aliphatic heterocycles. The van der Waals surface area contributed by atoms with Crippen molar-refractivity contribution in [2.75, 3.05) is 13.1 Å². The minimum Gasteiger partial charge on any atom is -0.485 e. The Labute approximate surface area is 231 Å². The van der Waals surface area contributed by atoms with Crippen LogP contribution in [-0.2, 0) is 31.0 Å². The number of amides is 1. The van der Waals surface area contributed by atoms with Gasteiger partial charge in [0, 0.05) is 25.1 Å². The molecule has 0 N–H and O–H groups in total. The molecule has 1 amide bonds. The molecular formula is C34H35NO4. The lowest BCUT2D eigenvalue weighted by molar-refractivity contribution is -0.133. The summed E-state index contributed by atoms with van der Waals surface area (Å²) in [6.45, 7) is 2.68. The second-order valence-corrected chi connectivity index (χ2v) is 9.79. The molecule has 0 saturated carbocycles. The van der Waals surface area contributed by atoms with Crippen molar-refractivity contribution >= 4 is 5.91 Å². The van der Waals surface area contributed by atoms with Crippen LogP contribution >= 0.6 is 0 Å². The minimum absolute atomic E-state index is 0.233. The number of hydrogen-bond acceptors (Lipinski definition) is 4. The highest BCUT2D eigenvalue weighted by Crippen LogP contribution is 2.42. The largest absolute Gasteiger partial charge is 0.485 e. The van der Waals surface area contributed by atoms with Gasteiger partial charge in [-0.2, -0.15) is 0 Å². The average molecular weight is 522 g/mol. The van der Waals surface area contributed by atoms with Gasteiger partial charge in [-0.25, -0.2) is 0 Å². The Hall–Kier alpha value is -4.25. The molecule has 5 heteroatoms. The van der Waals surface area contributed by atoms with Crippen molar-refractivity contribution in [3.8, 4) is 17.2 Å². The van der Waals surface area contributed by atoms with E-state index in [-0.39, 0.29) is 5.91 Å². The number of carbonyl (C=O) groups excluding carboxylic acids is 1. The lowest BCUT2D eigenvalue weighted by atomic mass is 10.1. The molecule has 1 saturated heterocycles. The summed E-state index contributed by atoms with van der Waals surface area (Å²) in [7, 11) is 0. The smallest absolute Gasteiger partial charge is 0.222 e. The van der Waals surface area contributed by atoms with Crippen molar-refractivity contribution in [1.82, 2.24) is 4.90 Å². The van der Waals surface area contributed by atoms with Crippen LogP contribution in [0.15, 0.2) is 103 Å². The Morgan fingerprint density at radius 3 is 1.69 bits per heavy atom. The quantitative estimate of drug-likeness (QED) is 0.202. The molecule has 0 bridgehead atoms. The zero-order valence-corrected chi connectivity index (χ0v) is 22.3. The number of likely N-dealkylation sites (tertiary alicyclic amines) is 1. The third-order valence-electron chi connectivity index (χ3n) is 6.92.